The van der Waals surface area contributed by atoms with Crippen LogP contribution in [-0.2, 0) is 4.74 Å². The molecule has 0 spiro atoms. The summed E-state index contributed by atoms with van der Waals surface area (Å²) in [6.07, 6.45) is -0.714. The van der Waals surface area contributed by atoms with Gasteiger partial charge in [0.15, 0.2) is 6.23 Å². The van der Waals surface area contributed by atoms with Crippen LogP contribution >= 0.6 is 0 Å². The van der Waals surface area contributed by atoms with E-state index in [9.17, 15) is 9.18 Å². The summed E-state index contributed by atoms with van der Waals surface area (Å²) in [5.74, 6) is -0.167. The molecule has 2 unspecified atom stereocenters. The Morgan fingerprint density at radius 2 is 2.12 bits per heavy atom. The largest absolute Gasteiger partial charge is 0.358 e. The Hall–Kier alpha value is -1.42. The van der Waals surface area contributed by atoms with E-state index in [-0.39, 0.29) is 5.91 Å². The van der Waals surface area contributed by atoms with Crippen molar-refractivity contribution in [1.82, 2.24) is 4.90 Å². The molecule has 0 aromatic heterocycles. The van der Waals surface area contributed by atoms with Gasteiger partial charge in [0.1, 0.15) is 6.17 Å². The number of halogens is 1. The Balaban J connectivity index is 2.18. The van der Waals surface area contributed by atoms with Crippen LogP contribution in [-0.4, -0.2) is 36.9 Å². The average molecular weight is 237 g/mol. The Labute approximate surface area is 100 Å². The number of nitrogens with zero attached hydrogens (tertiary/aromatic N) is 1. The van der Waals surface area contributed by atoms with Gasteiger partial charge in [-0.05, 0) is 25.0 Å². The highest BCUT2D eigenvalue weighted by Gasteiger charge is 2.34. The van der Waals surface area contributed by atoms with Gasteiger partial charge in [-0.3, -0.25) is 4.79 Å². The van der Waals surface area contributed by atoms with Gasteiger partial charge in [-0.1, -0.05) is 18.2 Å². The smallest absolute Gasteiger partial charge is 0.255 e. The standard InChI is InChI=1S/C13H16FNO2/c1-17-13-11(14)8-5-9-15(13)12(16)10-6-3-2-4-7-10/h2-4,6-7,11,13H,5,8-9H2,1H3. The minimum Gasteiger partial charge on any atom is -0.358 e. The number of benzene rings is 1. The summed E-state index contributed by atoms with van der Waals surface area (Å²) in [7, 11) is 1.44. The van der Waals surface area contributed by atoms with Gasteiger partial charge in [-0.15, -0.1) is 0 Å². The van der Waals surface area contributed by atoms with Crippen LogP contribution in [0.1, 0.15) is 23.2 Å². The van der Waals surface area contributed by atoms with E-state index in [1.54, 1.807) is 24.3 Å². The third kappa shape index (κ3) is 2.47. The number of amides is 1. The number of methoxy groups -OCH3 is 1. The van der Waals surface area contributed by atoms with Crippen molar-refractivity contribution in [2.75, 3.05) is 13.7 Å². The van der Waals surface area contributed by atoms with Gasteiger partial charge in [-0.2, -0.15) is 0 Å². The van der Waals surface area contributed by atoms with Crippen LogP contribution in [0.15, 0.2) is 30.3 Å². The van der Waals surface area contributed by atoms with Crippen LogP contribution in [0.4, 0.5) is 4.39 Å². The molecule has 3 nitrogen and oxygen atoms in total. The van der Waals surface area contributed by atoms with E-state index in [1.165, 1.54) is 12.0 Å². The molecule has 2 atom stereocenters. The zero-order valence-electron chi connectivity index (χ0n) is 9.80. The second-order valence-electron chi connectivity index (χ2n) is 4.15. The summed E-state index contributed by atoms with van der Waals surface area (Å²) >= 11 is 0. The predicted molar refractivity (Wildman–Crippen MR) is 62.4 cm³/mol. The van der Waals surface area contributed by atoms with Crippen molar-refractivity contribution in [2.24, 2.45) is 0 Å². The third-order valence-corrected chi connectivity index (χ3v) is 3.02. The summed E-state index contributed by atoms with van der Waals surface area (Å²) in [6.45, 7) is 0.548. The van der Waals surface area contributed by atoms with E-state index in [4.69, 9.17) is 4.74 Å². The molecule has 0 saturated carbocycles. The fourth-order valence-corrected chi connectivity index (χ4v) is 2.16. The van der Waals surface area contributed by atoms with Crippen molar-refractivity contribution in [3.63, 3.8) is 0 Å². The second-order valence-corrected chi connectivity index (χ2v) is 4.15. The number of carbonyl (C=O) groups is 1. The molecule has 1 aromatic carbocycles. The first-order valence-corrected chi connectivity index (χ1v) is 5.77. The lowest BCUT2D eigenvalue weighted by molar-refractivity contribution is -0.0837. The van der Waals surface area contributed by atoms with Crippen LogP contribution in [0, 0.1) is 0 Å². The number of piperidine rings is 1. The number of hydrogen-bond acceptors (Lipinski definition) is 2. The first-order chi connectivity index (χ1) is 8.24. The summed E-state index contributed by atoms with van der Waals surface area (Å²) in [6, 6.07) is 8.91. The molecule has 1 saturated heterocycles. The van der Waals surface area contributed by atoms with Gasteiger partial charge in [0.05, 0.1) is 0 Å². The van der Waals surface area contributed by atoms with Gasteiger partial charge in [0, 0.05) is 19.2 Å². The molecule has 1 fully saturated rings. The first kappa shape index (κ1) is 12.0. The van der Waals surface area contributed by atoms with E-state index in [2.05, 4.69) is 0 Å². The monoisotopic (exact) mass is 237 g/mol. The summed E-state index contributed by atoms with van der Waals surface area (Å²) in [5.41, 5.74) is 0.573. The Morgan fingerprint density at radius 3 is 2.76 bits per heavy atom. The normalized spacial score (nSPS) is 24.7. The third-order valence-electron chi connectivity index (χ3n) is 3.02. The molecule has 0 bridgehead atoms. The van der Waals surface area contributed by atoms with E-state index in [1.807, 2.05) is 6.07 Å². The summed E-state index contributed by atoms with van der Waals surface area (Å²) in [4.78, 5) is 13.7. The molecule has 4 heteroatoms. The minimum absolute atomic E-state index is 0.167. The van der Waals surface area contributed by atoms with Gasteiger partial charge in [-0.25, -0.2) is 4.39 Å². The molecule has 0 N–H and O–H groups in total. The maximum Gasteiger partial charge on any atom is 0.255 e. The highest BCUT2D eigenvalue weighted by Crippen LogP contribution is 2.22. The fraction of sp³-hybridized carbons (Fsp3) is 0.462. The molecule has 1 aliphatic rings. The van der Waals surface area contributed by atoms with Crippen LogP contribution < -0.4 is 0 Å². The van der Waals surface area contributed by atoms with Crippen molar-refractivity contribution < 1.29 is 13.9 Å². The van der Waals surface area contributed by atoms with Crippen LogP contribution in [0.25, 0.3) is 0 Å². The molecule has 1 heterocycles. The molecule has 92 valence electrons. The van der Waals surface area contributed by atoms with E-state index < -0.39 is 12.4 Å². The Kier molecular flexibility index (Phi) is 3.74. The highest BCUT2D eigenvalue weighted by molar-refractivity contribution is 5.94. The Bertz CT molecular complexity index is 382. The number of carbonyl (C=O) groups excluding carboxylic acids is 1. The van der Waals surface area contributed by atoms with Gasteiger partial charge >= 0.3 is 0 Å². The van der Waals surface area contributed by atoms with Crippen molar-refractivity contribution >= 4 is 5.91 Å². The summed E-state index contributed by atoms with van der Waals surface area (Å²) in [5, 5.41) is 0. The molecule has 1 amide bonds. The van der Waals surface area contributed by atoms with Crippen molar-refractivity contribution in [3.8, 4) is 0 Å². The zero-order chi connectivity index (χ0) is 12.3. The lowest BCUT2D eigenvalue weighted by Gasteiger charge is -2.36. The topological polar surface area (TPSA) is 29.5 Å². The zero-order valence-corrected chi connectivity index (χ0v) is 9.80. The van der Waals surface area contributed by atoms with Gasteiger partial charge < -0.3 is 9.64 Å². The van der Waals surface area contributed by atoms with Crippen molar-refractivity contribution in [3.05, 3.63) is 35.9 Å². The van der Waals surface area contributed by atoms with Gasteiger partial charge in [0.2, 0.25) is 0 Å². The summed E-state index contributed by atoms with van der Waals surface area (Å²) < 4.78 is 18.7. The van der Waals surface area contributed by atoms with Crippen molar-refractivity contribution in [2.45, 2.75) is 25.2 Å². The fourth-order valence-electron chi connectivity index (χ4n) is 2.16. The molecule has 2 rings (SSSR count). The minimum atomic E-state index is -1.10. The molecular formula is C13H16FNO2. The van der Waals surface area contributed by atoms with E-state index in [0.29, 0.717) is 24.9 Å². The van der Waals surface area contributed by atoms with E-state index in [0.717, 1.165) is 0 Å². The maximum absolute atomic E-state index is 13.7. The molecule has 0 radical (unpaired) electrons. The second kappa shape index (κ2) is 5.27. The number of rotatable bonds is 2. The van der Waals surface area contributed by atoms with Crippen LogP contribution in [0.2, 0.25) is 0 Å². The lowest BCUT2D eigenvalue weighted by atomic mass is 10.1. The number of hydrogen-bond donors (Lipinski definition) is 0. The maximum atomic E-state index is 13.7. The van der Waals surface area contributed by atoms with Crippen molar-refractivity contribution in [1.29, 1.82) is 0 Å². The number of likely N-dealkylation sites (tertiary alicyclic amines) is 1. The van der Waals surface area contributed by atoms with Crippen LogP contribution in [0.3, 0.4) is 0 Å². The Morgan fingerprint density at radius 1 is 1.41 bits per heavy atom. The highest BCUT2D eigenvalue weighted by atomic mass is 19.1. The lowest BCUT2D eigenvalue weighted by Crippen LogP contribution is -2.50. The van der Waals surface area contributed by atoms with Gasteiger partial charge in [0.25, 0.3) is 5.91 Å². The predicted octanol–water partition coefficient (Wildman–Crippen LogP) is 2.23. The molecule has 0 aliphatic carbocycles. The molecule has 17 heavy (non-hydrogen) atoms. The molecule has 1 aliphatic heterocycles. The van der Waals surface area contributed by atoms with Crippen LogP contribution in [0.5, 0.6) is 0 Å². The quantitative estimate of drug-likeness (QED) is 0.789. The average Bonchev–Trinajstić information content (AvgIpc) is 2.38. The molecular weight excluding hydrogens is 221 g/mol. The number of ether oxygens (including phenoxy) is 1. The van der Waals surface area contributed by atoms with E-state index >= 15 is 0 Å². The first-order valence-electron chi connectivity index (χ1n) is 5.77. The SMILES string of the molecule is COC1C(F)CCCN1C(=O)c1ccccc1. The molecule has 1 aromatic rings. The number of alkyl halides is 1.